The zero-order chi connectivity index (χ0) is 22.1. The van der Waals surface area contributed by atoms with Crippen LogP contribution >= 0.6 is 46.6 Å². The molecule has 4 nitrogen and oxygen atoms in total. The van der Waals surface area contributed by atoms with Gasteiger partial charge in [0.1, 0.15) is 6.04 Å². The molecular weight excluding hydrogens is 463 g/mol. The number of amides is 2. The van der Waals surface area contributed by atoms with Gasteiger partial charge in [-0.1, -0.05) is 47.8 Å². The van der Waals surface area contributed by atoms with Crippen molar-refractivity contribution in [1.82, 2.24) is 10.2 Å². The Morgan fingerprint density at radius 3 is 2.27 bits per heavy atom. The lowest BCUT2D eigenvalue weighted by atomic mass is 10.1. The molecule has 0 saturated carbocycles. The van der Waals surface area contributed by atoms with Gasteiger partial charge >= 0.3 is 0 Å². The number of hydrogen-bond acceptors (Lipinski definition) is 3. The molecule has 8 heteroatoms. The molecule has 1 N–H and O–H groups in total. The Morgan fingerprint density at radius 2 is 1.70 bits per heavy atom. The molecule has 0 saturated heterocycles. The third-order valence-electron chi connectivity index (χ3n) is 4.64. The van der Waals surface area contributed by atoms with Gasteiger partial charge in [-0.25, -0.2) is 0 Å². The summed E-state index contributed by atoms with van der Waals surface area (Å²) in [6, 6.07) is 12.2. The molecule has 162 valence electrons. The Bertz CT molecular complexity index is 842. The zero-order valence-electron chi connectivity index (χ0n) is 17.0. The Hall–Kier alpha value is -1.40. The predicted molar refractivity (Wildman–Crippen MR) is 127 cm³/mol. The van der Waals surface area contributed by atoms with Crippen molar-refractivity contribution in [1.29, 1.82) is 0 Å². The minimum absolute atomic E-state index is 0.0989. The van der Waals surface area contributed by atoms with E-state index in [0.29, 0.717) is 39.9 Å². The number of carbonyl (C=O) groups is 2. The first kappa shape index (κ1) is 24.9. The number of nitrogens with one attached hydrogen (secondary N) is 1. The largest absolute Gasteiger partial charge is 0.357 e. The van der Waals surface area contributed by atoms with E-state index in [4.69, 9.17) is 34.8 Å². The van der Waals surface area contributed by atoms with Gasteiger partial charge in [0.2, 0.25) is 11.8 Å². The number of halogens is 3. The van der Waals surface area contributed by atoms with E-state index in [1.807, 2.05) is 31.2 Å². The molecule has 0 radical (unpaired) electrons. The van der Waals surface area contributed by atoms with E-state index in [2.05, 4.69) is 5.32 Å². The number of carbonyl (C=O) groups excluding carboxylic acids is 2. The summed E-state index contributed by atoms with van der Waals surface area (Å²) in [5.41, 5.74) is 0.645. The van der Waals surface area contributed by atoms with Crippen LogP contribution in [0.1, 0.15) is 31.7 Å². The molecule has 0 spiro atoms. The van der Waals surface area contributed by atoms with Crippen LogP contribution in [0.5, 0.6) is 0 Å². The monoisotopic (exact) mass is 486 g/mol. The first-order valence-corrected chi connectivity index (χ1v) is 11.8. The van der Waals surface area contributed by atoms with Gasteiger partial charge in [0.05, 0.1) is 0 Å². The molecule has 0 aromatic heterocycles. The highest BCUT2D eigenvalue weighted by atomic mass is 35.5. The highest BCUT2D eigenvalue weighted by molar-refractivity contribution is 7.99. The lowest BCUT2D eigenvalue weighted by Gasteiger charge is -2.31. The Labute approximate surface area is 197 Å². The van der Waals surface area contributed by atoms with Gasteiger partial charge in [-0.2, -0.15) is 0 Å². The van der Waals surface area contributed by atoms with Gasteiger partial charge in [-0.15, -0.1) is 11.8 Å². The van der Waals surface area contributed by atoms with Crippen LogP contribution in [0.4, 0.5) is 0 Å². The van der Waals surface area contributed by atoms with E-state index in [1.165, 1.54) is 0 Å². The van der Waals surface area contributed by atoms with E-state index in [0.717, 1.165) is 10.6 Å². The smallest absolute Gasteiger partial charge is 0.242 e. The van der Waals surface area contributed by atoms with Crippen LogP contribution in [0.15, 0.2) is 47.4 Å². The summed E-state index contributed by atoms with van der Waals surface area (Å²) < 4.78 is 0. The van der Waals surface area contributed by atoms with Crippen molar-refractivity contribution in [3.05, 3.63) is 63.1 Å². The van der Waals surface area contributed by atoms with Crippen molar-refractivity contribution < 1.29 is 9.59 Å². The summed E-state index contributed by atoms with van der Waals surface area (Å²) >= 11 is 20.2. The van der Waals surface area contributed by atoms with Crippen LogP contribution in [0.2, 0.25) is 15.1 Å². The average Bonchev–Trinajstić information content (AvgIpc) is 2.73. The second-order valence-corrected chi connectivity index (χ2v) is 9.09. The molecule has 1 atom stereocenters. The van der Waals surface area contributed by atoms with E-state index in [-0.39, 0.29) is 18.4 Å². The number of likely N-dealkylation sites (N-methyl/N-ethyl adjacent to an activating group) is 1. The van der Waals surface area contributed by atoms with Gasteiger partial charge in [-0.05, 0) is 55.0 Å². The Morgan fingerprint density at radius 1 is 1.07 bits per heavy atom. The second kappa shape index (κ2) is 12.5. The Kier molecular flexibility index (Phi) is 10.3. The molecule has 0 bridgehead atoms. The van der Waals surface area contributed by atoms with E-state index >= 15 is 0 Å². The minimum Gasteiger partial charge on any atom is -0.357 e. The van der Waals surface area contributed by atoms with Crippen molar-refractivity contribution in [3.8, 4) is 0 Å². The SMILES string of the molecule is CC[C@@H](C(=O)NC)N(Cc1c(Cl)cccc1Cl)C(=O)CCCSc1ccc(Cl)cc1. The third kappa shape index (κ3) is 7.09. The minimum atomic E-state index is -0.584. The van der Waals surface area contributed by atoms with Crippen molar-refractivity contribution in [2.45, 2.75) is 43.7 Å². The molecule has 30 heavy (non-hydrogen) atoms. The fraction of sp³-hybridized carbons (Fsp3) is 0.364. The molecule has 2 amide bonds. The lowest BCUT2D eigenvalue weighted by Crippen LogP contribution is -2.48. The summed E-state index contributed by atoms with van der Waals surface area (Å²) in [4.78, 5) is 28.2. The van der Waals surface area contributed by atoms with Crippen LogP contribution < -0.4 is 5.32 Å². The van der Waals surface area contributed by atoms with E-state index < -0.39 is 6.04 Å². The number of benzene rings is 2. The Balaban J connectivity index is 2.07. The maximum absolute atomic E-state index is 13.1. The standard InChI is InChI=1S/C22H25Cl3N2O2S/c1-3-20(22(29)26-2)27(14-17-18(24)6-4-7-19(17)25)21(28)8-5-13-30-16-11-9-15(23)10-12-16/h4,6-7,9-12,20H,3,5,8,13-14H2,1-2H3,(H,26,29)/t20-/m0/s1. The quantitative estimate of drug-likeness (QED) is 0.327. The lowest BCUT2D eigenvalue weighted by molar-refractivity contribution is -0.141. The maximum Gasteiger partial charge on any atom is 0.242 e. The van der Waals surface area contributed by atoms with E-state index in [1.54, 1.807) is 41.9 Å². The first-order valence-electron chi connectivity index (χ1n) is 9.69. The summed E-state index contributed by atoms with van der Waals surface area (Å²) in [7, 11) is 1.57. The highest BCUT2D eigenvalue weighted by Gasteiger charge is 2.28. The van der Waals surface area contributed by atoms with Crippen LogP contribution in [0, 0.1) is 0 Å². The summed E-state index contributed by atoms with van der Waals surface area (Å²) in [5, 5.41) is 4.30. The van der Waals surface area contributed by atoms with Gasteiger partial charge in [0.25, 0.3) is 0 Å². The molecule has 2 aromatic rings. The number of nitrogens with zero attached hydrogens (tertiary/aromatic N) is 1. The van der Waals surface area contributed by atoms with Crippen molar-refractivity contribution in [2.24, 2.45) is 0 Å². The number of rotatable bonds is 10. The molecule has 0 aliphatic carbocycles. The molecular formula is C22H25Cl3N2O2S. The molecule has 0 aliphatic heterocycles. The third-order valence-corrected chi connectivity index (χ3v) is 6.70. The predicted octanol–water partition coefficient (Wildman–Crippen LogP) is 6.07. The first-order chi connectivity index (χ1) is 14.4. The fourth-order valence-corrected chi connectivity index (χ4v) is 4.52. The van der Waals surface area contributed by atoms with Gasteiger partial charge < -0.3 is 10.2 Å². The summed E-state index contributed by atoms with van der Waals surface area (Å²) in [5.74, 6) is 0.480. The van der Waals surface area contributed by atoms with Gasteiger partial charge in [0.15, 0.2) is 0 Å². The van der Waals surface area contributed by atoms with Crippen LogP contribution in [0.25, 0.3) is 0 Å². The van der Waals surface area contributed by atoms with Crippen LogP contribution in [0.3, 0.4) is 0 Å². The highest BCUT2D eigenvalue weighted by Crippen LogP contribution is 2.28. The van der Waals surface area contributed by atoms with Crippen molar-refractivity contribution in [2.75, 3.05) is 12.8 Å². The summed E-state index contributed by atoms with van der Waals surface area (Å²) in [6.07, 6.45) is 1.51. The zero-order valence-corrected chi connectivity index (χ0v) is 20.0. The van der Waals surface area contributed by atoms with E-state index in [9.17, 15) is 9.59 Å². The molecule has 0 aliphatic rings. The fourth-order valence-electron chi connectivity index (χ4n) is 3.03. The number of hydrogen-bond donors (Lipinski definition) is 1. The van der Waals surface area contributed by atoms with Crippen LogP contribution in [-0.4, -0.2) is 35.6 Å². The topological polar surface area (TPSA) is 49.4 Å². The van der Waals surface area contributed by atoms with Crippen molar-refractivity contribution in [3.63, 3.8) is 0 Å². The summed E-state index contributed by atoms with van der Waals surface area (Å²) in [6.45, 7) is 2.07. The molecule has 2 aromatic carbocycles. The molecule has 0 fully saturated rings. The molecule has 2 rings (SSSR count). The normalized spacial score (nSPS) is 11.8. The van der Waals surface area contributed by atoms with Gasteiger partial charge in [-0.3, -0.25) is 9.59 Å². The molecule has 0 heterocycles. The van der Waals surface area contributed by atoms with Crippen LogP contribution in [-0.2, 0) is 16.1 Å². The number of thioether (sulfide) groups is 1. The van der Waals surface area contributed by atoms with Crippen molar-refractivity contribution >= 4 is 58.4 Å². The maximum atomic E-state index is 13.1. The second-order valence-electron chi connectivity index (χ2n) is 6.67. The average molecular weight is 488 g/mol. The van der Waals surface area contributed by atoms with Gasteiger partial charge in [0, 0.05) is 45.5 Å². The molecule has 0 unspecified atom stereocenters.